The number of fused-ring (bicyclic) bond motifs is 1. The van der Waals surface area contributed by atoms with Crippen LogP contribution in [0.15, 0.2) is 10.4 Å². The molecule has 3 fully saturated rings. The fraction of sp³-hybridized carbons (Fsp3) is 0.786. The normalized spacial score (nSPS) is 27.3. The maximum Gasteiger partial charge on any atom is 0.254 e. The summed E-state index contributed by atoms with van der Waals surface area (Å²) in [5.41, 5.74) is 0. The summed E-state index contributed by atoms with van der Waals surface area (Å²) < 4.78 is 27.4. The van der Waals surface area contributed by atoms with Gasteiger partial charge < -0.3 is 10.2 Å². The van der Waals surface area contributed by atoms with Gasteiger partial charge in [0.2, 0.25) is 0 Å². The van der Waals surface area contributed by atoms with Gasteiger partial charge in [-0.25, -0.2) is 13.4 Å². The molecule has 0 radical (unpaired) electrons. The molecule has 0 unspecified atom stereocenters. The quantitative estimate of drug-likeness (QED) is 0.823. The number of piperazine rings is 2. The van der Waals surface area contributed by atoms with Crippen molar-refractivity contribution < 1.29 is 8.42 Å². The Kier molecular flexibility index (Phi) is 4.31. The van der Waals surface area contributed by atoms with Crippen LogP contribution in [-0.4, -0.2) is 81.0 Å². The van der Waals surface area contributed by atoms with E-state index in [1.54, 1.807) is 10.5 Å². The van der Waals surface area contributed by atoms with Gasteiger partial charge in [0.15, 0.2) is 9.34 Å². The fourth-order valence-electron chi connectivity index (χ4n) is 3.69. The van der Waals surface area contributed by atoms with Crippen LogP contribution in [0.5, 0.6) is 0 Å². The van der Waals surface area contributed by atoms with Crippen molar-refractivity contribution >= 4 is 26.5 Å². The molecular weight excluding hydrogens is 334 g/mol. The Balaban J connectivity index is 1.50. The number of nitrogens with one attached hydrogen (secondary N) is 1. The Morgan fingerprint density at radius 2 is 2.00 bits per heavy atom. The van der Waals surface area contributed by atoms with Gasteiger partial charge in [-0.15, -0.1) is 0 Å². The Labute approximate surface area is 141 Å². The lowest BCUT2D eigenvalue weighted by Crippen LogP contribution is -2.50. The van der Waals surface area contributed by atoms with Crippen molar-refractivity contribution in [2.45, 2.75) is 23.1 Å². The van der Waals surface area contributed by atoms with Gasteiger partial charge in [-0.1, -0.05) is 11.3 Å². The molecule has 0 amide bonds. The van der Waals surface area contributed by atoms with Gasteiger partial charge in [0.05, 0.1) is 6.20 Å². The van der Waals surface area contributed by atoms with Gasteiger partial charge in [-0.2, -0.15) is 4.31 Å². The molecule has 128 valence electrons. The van der Waals surface area contributed by atoms with Gasteiger partial charge >= 0.3 is 0 Å². The molecule has 1 aromatic heterocycles. The predicted octanol–water partition coefficient (Wildman–Crippen LogP) is 0.0214. The number of hydrogen-bond donors (Lipinski definition) is 1. The molecule has 3 saturated heterocycles. The zero-order valence-electron chi connectivity index (χ0n) is 13.1. The van der Waals surface area contributed by atoms with E-state index in [0.717, 1.165) is 24.8 Å². The molecule has 3 aliphatic heterocycles. The molecule has 0 aromatic carbocycles. The standard InChI is InChI=1S/C14H23N5O2S2/c20-23(21,19-6-3-15-4-7-19)13-10-16-14(22-13)18-9-8-17-5-1-2-12(17)11-18/h10,12,15H,1-9,11H2/t12-/m0/s1. The second kappa shape index (κ2) is 6.29. The molecule has 4 heterocycles. The summed E-state index contributed by atoms with van der Waals surface area (Å²) in [6, 6.07) is 0.612. The Hall–Kier alpha value is -0.740. The SMILES string of the molecule is O=S(=O)(c1cnc(N2CCN3CCC[C@H]3C2)s1)N1CCNCC1. The Bertz CT molecular complexity index is 656. The Morgan fingerprint density at radius 3 is 2.83 bits per heavy atom. The van der Waals surface area contributed by atoms with Crippen molar-refractivity contribution in [1.29, 1.82) is 0 Å². The average molecular weight is 358 g/mol. The van der Waals surface area contributed by atoms with E-state index in [-0.39, 0.29) is 0 Å². The third-order valence-electron chi connectivity index (χ3n) is 5.00. The summed E-state index contributed by atoms with van der Waals surface area (Å²) in [6.45, 7) is 6.69. The molecule has 3 aliphatic rings. The fourth-order valence-corrected chi connectivity index (χ4v) is 6.44. The molecule has 9 heteroatoms. The van der Waals surface area contributed by atoms with E-state index in [0.29, 0.717) is 36.4 Å². The zero-order valence-corrected chi connectivity index (χ0v) is 14.8. The van der Waals surface area contributed by atoms with E-state index in [1.165, 1.54) is 30.7 Å². The summed E-state index contributed by atoms with van der Waals surface area (Å²) in [5, 5.41) is 4.04. The highest BCUT2D eigenvalue weighted by atomic mass is 32.2. The molecule has 0 aliphatic carbocycles. The van der Waals surface area contributed by atoms with E-state index in [9.17, 15) is 8.42 Å². The predicted molar refractivity (Wildman–Crippen MR) is 90.6 cm³/mol. The van der Waals surface area contributed by atoms with Gasteiger partial charge in [-0.05, 0) is 19.4 Å². The van der Waals surface area contributed by atoms with Crippen LogP contribution in [0.25, 0.3) is 0 Å². The molecular formula is C14H23N5O2S2. The smallest absolute Gasteiger partial charge is 0.254 e. The first-order chi connectivity index (χ1) is 11.1. The summed E-state index contributed by atoms with van der Waals surface area (Å²) in [7, 11) is -3.39. The zero-order chi connectivity index (χ0) is 15.9. The van der Waals surface area contributed by atoms with Crippen molar-refractivity contribution in [3.05, 3.63) is 6.20 Å². The largest absolute Gasteiger partial charge is 0.345 e. The minimum atomic E-state index is -3.39. The minimum Gasteiger partial charge on any atom is -0.345 e. The van der Waals surface area contributed by atoms with E-state index >= 15 is 0 Å². The Morgan fingerprint density at radius 1 is 1.17 bits per heavy atom. The molecule has 0 spiro atoms. The van der Waals surface area contributed by atoms with Crippen molar-refractivity contribution in [3.8, 4) is 0 Å². The molecule has 0 bridgehead atoms. The molecule has 4 rings (SSSR count). The van der Waals surface area contributed by atoms with Crippen LogP contribution in [0.2, 0.25) is 0 Å². The average Bonchev–Trinajstić information content (AvgIpc) is 3.24. The van der Waals surface area contributed by atoms with Crippen LogP contribution in [0.1, 0.15) is 12.8 Å². The molecule has 7 nitrogen and oxygen atoms in total. The van der Waals surface area contributed by atoms with Gasteiger partial charge in [0.1, 0.15) is 0 Å². The van der Waals surface area contributed by atoms with Crippen LogP contribution in [0, 0.1) is 0 Å². The van der Waals surface area contributed by atoms with E-state index in [2.05, 4.69) is 20.1 Å². The topological polar surface area (TPSA) is 68.8 Å². The first-order valence-corrected chi connectivity index (χ1v) is 10.6. The molecule has 0 saturated carbocycles. The van der Waals surface area contributed by atoms with Crippen LogP contribution in [0.4, 0.5) is 5.13 Å². The number of aromatic nitrogens is 1. The van der Waals surface area contributed by atoms with E-state index in [4.69, 9.17) is 0 Å². The summed E-state index contributed by atoms with van der Waals surface area (Å²) in [6.07, 6.45) is 4.06. The highest BCUT2D eigenvalue weighted by Gasteiger charge is 2.33. The lowest BCUT2D eigenvalue weighted by atomic mass is 10.2. The number of sulfonamides is 1. The number of hydrogen-bond acceptors (Lipinski definition) is 7. The summed E-state index contributed by atoms with van der Waals surface area (Å²) in [4.78, 5) is 9.22. The van der Waals surface area contributed by atoms with Gasteiger partial charge in [0.25, 0.3) is 10.0 Å². The first-order valence-electron chi connectivity index (χ1n) is 8.30. The third-order valence-corrected chi connectivity index (χ3v) is 8.39. The highest BCUT2D eigenvalue weighted by Crippen LogP contribution is 2.31. The van der Waals surface area contributed by atoms with Crippen LogP contribution in [-0.2, 0) is 10.0 Å². The third kappa shape index (κ3) is 3.00. The van der Waals surface area contributed by atoms with Crippen molar-refractivity contribution in [3.63, 3.8) is 0 Å². The molecule has 1 aromatic rings. The maximum absolute atomic E-state index is 12.7. The molecule has 1 atom stereocenters. The highest BCUT2D eigenvalue weighted by molar-refractivity contribution is 7.91. The molecule has 1 N–H and O–H groups in total. The van der Waals surface area contributed by atoms with Crippen LogP contribution < -0.4 is 10.2 Å². The number of thiazole rings is 1. The first kappa shape index (κ1) is 15.8. The minimum absolute atomic E-state index is 0.378. The van der Waals surface area contributed by atoms with E-state index in [1.807, 2.05) is 0 Å². The second-order valence-corrected chi connectivity index (χ2v) is 9.57. The lowest BCUT2D eigenvalue weighted by molar-refractivity contribution is 0.231. The maximum atomic E-state index is 12.7. The second-order valence-electron chi connectivity index (χ2n) is 6.39. The lowest BCUT2D eigenvalue weighted by Gasteiger charge is -2.37. The van der Waals surface area contributed by atoms with E-state index < -0.39 is 10.0 Å². The number of rotatable bonds is 3. The number of nitrogens with zero attached hydrogens (tertiary/aromatic N) is 4. The van der Waals surface area contributed by atoms with Crippen molar-refractivity contribution in [2.75, 3.05) is 57.3 Å². The van der Waals surface area contributed by atoms with Crippen molar-refractivity contribution in [2.24, 2.45) is 0 Å². The van der Waals surface area contributed by atoms with Gasteiger partial charge in [-0.3, -0.25) is 4.90 Å². The van der Waals surface area contributed by atoms with Gasteiger partial charge in [0, 0.05) is 51.9 Å². The van der Waals surface area contributed by atoms with Crippen LogP contribution in [0.3, 0.4) is 0 Å². The summed E-state index contributed by atoms with van der Waals surface area (Å²) >= 11 is 1.32. The molecule has 23 heavy (non-hydrogen) atoms. The summed E-state index contributed by atoms with van der Waals surface area (Å²) in [5.74, 6) is 0. The number of anilines is 1. The monoisotopic (exact) mass is 357 g/mol. The van der Waals surface area contributed by atoms with Crippen molar-refractivity contribution in [1.82, 2.24) is 19.5 Å². The van der Waals surface area contributed by atoms with Crippen LogP contribution >= 0.6 is 11.3 Å².